The predicted octanol–water partition coefficient (Wildman–Crippen LogP) is 3.89. The van der Waals surface area contributed by atoms with Crippen molar-refractivity contribution in [1.82, 2.24) is 0 Å². The molecule has 1 fully saturated rings. The van der Waals surface area contributed by atoms with E-state index in [-0.39, 0.29) is 25.3 Å². The van der Waals surface area contributed by atoms with Crippen LogP contribution in [0.4, 0.5) is 14.5 Å². The second-order valence-corrected chi connectivity index (χ2v) is 8.14. The Balaban J connectivity index is 0.00000121. The Kier molecular flexibility index (Phi) is 11.6. The zero-order valence-corrected chi connectivity index (χ0v) is 19.6. The first kappa shape index (κ1) is 27.8. The zero-order valence-electron chi connectivity index (χ0n) is 18.1. The first-order valence-corrected chi connectivity index (χ1v) is 11.3. The van der Waals surface area contributed by atoms with E-state index in [4.69, 9.17) is 27.2 Å². The van der Waals surface area contributed by atoms with E-state index < -0.39 is 5.92 Å². The Labute approximate surface area is 196 Å². The van der Waals surface area contributed by atoms with Crippen molar-refractivity contribution >= 4 is 48.0 Å². The number of alkyl halides is 2. The summed E-state index contributed by atoms with van der Waals surface area (Å²) in [6.07, 6.45) is 8.03. The molecule has 3 N–H and O–H groups in total. The van der Waals surface area contributed by atoms with Gasteiger partial charge in [-0.1, -0.05) is 23.7 Å². The fourth-order valence-corrected chi connectivity index (χ4v) is 4.74. The van der Waals surface area contributed by atoms with Crippen molar-refractivity contribution < 1.29 is 23.5 Å². The Bertz CT molecular complexity index is 870. The number of halogens is 3. The van der Waals surface area contributed by atoms with Gasteiger partial charge in [0.05, 0.1) is 17.3 Å². The highest BCUT2D eigenvalue weighted by atomic mass is 35.5. The van der Waals surface area contributed by atoms with Crippen LogP contribution in [0.1, 0.15) is 18.4 Å². The van der Waals surface area contributed by atoms with Crippen molar-refractivity contribution in [3.8, 4) is 0 Å². The van der Waals surface area contributed by atoms with E-state index in [1.54, 1.807) is 6.08 Å². The SMILES string of the molecule is C=O.CO.CSc1c(Cl)ccc2c1N(CC=O)C(=NCC1CC(F)(F)C1)/C(=C\C=C\N)C2. The molecule has 0 bridgehead atoms. The smallest absolute Gasteiger partial charge is 0.248 e. The standard InChI is InChI=1S/C20H22ClF2N3OS.CH4O.CH2O/c1-28-18-16(21)5-4-14-9-15(3-2-6-24)19(26(7-8-27)17(14)18)25-12-13-10-20(22,23)11-13;2*1-2/h2-6,8,13H,7,9-12,24H2,1H3;2H,1H3;1H2/b6-2+,15-3-,25-19?;;. The molecule has 1 aliphatic heterocycles. The van der Waals surface area contributed by atoms with Crippen molar-refractivity contribution in [2.75, 3.05) is 31.4 Å². The van der Waals surface area contributed by atoms with Gasteiger partial charge in [-0.15, -0.1) is 11.8 Å². The van der Waals surface area contributed by atoms with Gasteiger partial charge in [0.15, 0.2) is 0 Å². The van der Waals surface area contributed by atoms with E-state index in [0.29, 0.717) is 23.8 Å². The molecule has 0 saturated heterocycles. The molecule has 2 aliphatic rings. The largest absolute Gasteiger partial charge is 0.405 e. The van der Waals surface area contributed by atoms with E-state index in [9.17, 15) is 13.6 Å². The van der Waals surface area contributed by atoms with E-state index in [1.807, 2.05) is 36.2 Å². The van der Waals surface area contributed by atoms with Crippen LogP contribution in [-0.2, 0) is 16.0 Å². The number of benzene rings is 1. The molecule has 0 unspecified atom stereocenters. The third-order valence-electron chi connectivity index (χ3n) is 4.90. The van der Waals surface area contributed by atoms with Gasteiger partial charge in [-0.25, -0.2) is 8.78 Å². The fraction of sp³-hybridized carbons (Fsp3) is 0.409. The molecule has 0 radical (unpaired) electrons. The lowest BCUT2D eigenvalue weighted by Crippen LogP contribution is -2.41. The summed E-state index contributed by atoms with van der Waals surface area (Å²) in [4.78, 5) is 26.8. The van der Waals surface area contributed by atoms with Crippen molar-refractivity contribution in [2.24, 2.45) is 16.6 Å². The van der Waals surface area contributed by atoms with E-state index in [1.165, 1.54) is 18.0 Å². The number of hydrogen-bond donors (Lipinski definition) is 2. The summed E-state index contributed by atoms with van der Waals surface area (Å²) in [7, 11) is 1.00. The third-order valence-corrected chi connectivity index (χ3v) is 6.15. The summed E-state index contributed by atoms with van der Waals surface area (Å²) < 4.78 is 26.4. The maximum atomic E-state index is 13.2. The van der Waals surface area contributed by atoms with Gasteiger partial charge in [0.25, 0.3) is 0 Å². The number of hydrogen-bond acceptors (Lipinski definition) is 6. The van der Waals surface area contributed by atoms with Crippen LogP contribution in [0.5, 0.6) is 0 Å². The van der Waals surface area contributed by atoms with Gasteiger partial charge in [0.1, 0.15) is 18.9 Å². The maximum absolute atomic E-state index is 13.2. The number of amidine groups is 1. The van der Waals surface area contributed by atoms with Crippen LogP contribution < -0.4 is 10.6 Å². The summed E-state index contributed by atoms with van der Waals surface area (Å²) in [6.45, 7) is 2.40. The van der Waals surface area contributed by atoms with Gasteiger partial charge in [0.2, 0.25) is 5.92 Å². The second kappa shape index (κ2) is 13.3. The maximum Gasteiger partial charge on any atom is 0.248 e. The molecule has 10 heteroatoms. The Morgan fingerprint density at radius 1 is 1.38 bits per heavy atom. The normalized spacial score (nSPS) is 19.5. The van der Waals surface area contributed by atoms with Gasteiger partial charge >= 0.3 is 0 Å². The molecule has 176 valence electrons. The number of carbonyl (C=O) groups is 2. The van der Waals surface area contributed by atoms with Gasteiger partial charge in [-0.2, -0.15) is 0 Å². The summed E-state index contributed by atoms with van der Waals surface area (Å²) in [5.74, 6) is -2.11. The van der Waals surface area contributed by atoms with Crippen molar-refractivity contribution in [1.29, 1.82) is 0 Å². The van der Waals surface area contributed by atoms with Crippen molar-refractivity contribution in [2.45, 2.75) is 30.1 Å². The number of thioether (sulfide) groups is 1. The molecule has 1 aromatic carbocycles. The van der Waals surface area contributed by atoms with Gasteiger partial charge in [-0.3, -0.25) is 4.99 Å². The Hall–Kier alpha value is -2.23. The number of aliphatic hydroxyl groups is 1. The minimum absolute atomic E-state index is 0.101. The lowest BCUT2D eigenvalue weighted by Gasteiger charge is -2.37. The summed E-state index contributed by atoms with van der Waals surface area (Å²) in [5.41, 5.74) is 8.26. The van der Waals surface area contributed by atoms with Crippen molar-refractivity contribution in [3.05, 3.63) is 46.6 Å². The highest BCUT2D eigenvalue weighted by Crippen LogP contribution is 2.44. The lowest BCUT2D eigenvalue weighted by molar-refractivity contribution is -0.107. The van der Waals surface area contributed by atoms with Crippen LogP contribution in [0.15, 0.2) is 45.9 Å². The molecule has 1 aromatic rings. The summed E-state index contributed by atoms with van der Waals surface area (Å²) in [6, 6.07) is 3.79. The van der Waals surface area contributed by atoms with Gasteiger partial charge < -0.3 is 25.3 Å². The molecule has 0 aromatic heterocycles. The molecule has 1 heterocycles. The molecule has 1 aliphatic carbocycles. The fourth-order valence-electron chi connectivity index (χ4n) is 3.66. The molecular weight excluding hydrogens is 460 g/mol. The third kappa shape index (κ3) is 6.63. The second-order valence-electron chi connectivity index (χ2n) is 6.91. The summed E-state index contributed by atoms with van der Waals surface area (Å²) >= 11 is 7.89. The quantitative estimate of drug-likeness (QED) is 0.467. The van der Waals surface area contributed by atoms with E-state index >= 15 is 0 Å². The first-order valence-electron chi connectivity index (χ1n) is 9.70. The number of aldehydes is 1. The number of rotatable bonds is 6. The Morgan fingerprint density at radius 2 is 2.03 bits per heavy atom. The van der Waals surface area contributed by atoms with Crippen molar-refractivity contribution in [3.63, 3.8) is 0 Å². The van der Waals surface area contributed by atoms with Crippen LogP contribution >= 0.6 is 23.4 Å². The van der Waals surface area contributed by atoms with Crippen LogP contribution in [0.2, 0.25) is 5.02 Å². The average molecular weight is 488 g/mol. The van der Waals surface area contributed by atoms with E-state index in [2.05, 4.69) is 4.99 Å². The predicted molar refractivity (Wildman–Crippen MR) is 127 cm³/mol. The first-order chi connectivity index (χ1) is 15.4. The molecular formula is C22H28ClF2N3O3S. The number of fused-ring (bicyclic) bond motifs is 1. The minimum atomic E-state index is -2.58. The monoisotopic (exact) mass is 487 g/mol. The van der Waals surface area contributed by atoms with Crippen LogP contribution in [0, 0.1) is 5.92 Å². The van der Waals surface area contributed by atoms with Gasteiger partial charge in [-0.05, 0) is 41.7 Å². The van der Waals surface area contributed by atoms with Gasteiger partial charge in [0, 0.05) is 37.8 Å². The van der Waals surface area contributed by atoms with E-state index in [0.717, 1.165) is 35.1 Å². The minimum Gasteiger partial charge on any atom is -0.405 e. The number of nitrogens with zero attached hydrogens (tertiary/aromatic N) is 2. The number of aliphatic imine (C=N–C) groups is 1. The molecule has 3 rings (SSSR count). The average Bonchev–Trinajstić information content (AvgIpc) is 2.78. The lowest BCUT2D eigenvalue weighted by atomic mass is 9.81. The van der Waals surface area contributed by atoms with Crippen LogP contribution in [0.3, 0.4) is 0 Å². The molecule has 32 heavy (non-hydrogen) atoms. The number of carbonyl (C=O) groups excluding carboxylic acids is 2. The molecule has 1 saturated carbocycles. The zero-order chi connectivity index (χ0) is 24.3. The highest BCUT2D eigenvalue weighted by molar-refractivity contribution is 7.98. The topological polar surface area (TPSA) is 96.0 Å². The summed E-state index contributed by atoms with van der Waals surface area (Å²) in [5, 5.41) is 7.61. The molecule has 0 atom stereocenters. The number of allylic oxidation sites excluding steroid dienone is 2. The number of anilines is 1. The Morgan fingerprint density at radius 3 is 2.56 bits per heavy atom. The molecule has 6 nitrogen and oxygen atoms in total. The molecule has 0 amide bonds. The van der Waals surface area contributed by atoms with Crippen LogP contribution in [-0.4, -0.2) is 56.4 Å². The number of aliphatic hydroxyl groups excluding tert-OH is 1. The highest BCUT2D eigenvalue weighted by Gasteiger charge is 2.45. The number of nitrogens with two attached hydrogens (primary N) is 1. The van der Waals surface area contributed by atoms with Crippen LogP contribution in [0.25, 0.3) is 0 Å². The molecule has 0 spiro atoms.